The second kappa shape index (κ2) is 5.73. The number of carboxylic acid groups (broad SMARTS) is 1. The van der Waals surface area contributed by atoms with E-state index >= 15 is 0 Å². The maximum atomic E-state index is 10.9. The molecule has 0 saturated heterocycles. The summed E-state index contributed by atoms with van der Waals surface area (Å²) < 4.78 is 0. The molecule has 1 atom stereocenters. The van der Waals surface area contributed by atoms with Gasteiger partial charge in [0, 0.05) is 26.0 Å². The summed E-state index contributed by atoms with van der Waals surface area (Å²) in [6.07, 6.45) is 0. The summed E-state index contributed by atoms with van der Waals surface area (Å²) in [5, 5.41) is 13.0. The predicted molar refractivity (Wildman–Crippen MR) is 79.2 cm³/mol. The Hall–Kier alpha value is -2.37. The molecule has 0 aliphatic rings. The fourth-order valence-electron chi connectivity index (χ4n) is 2.00. The van der Waals surface area contributed by atoms with Crippen molar-refractivity contribution < 1.29 is 9.90 Å². The molecule has 0 saturated carbocycles. The average Bonchev–Trinajstić information content (AvgIpc) is 2.45. The largest absolute Gasteiger partial charge is 0.481 e. The van der Waals surface area contributed by atoms with Crippen LogP contribution >= 0.6 is 0 Å². The quantitative estimate of drug-likeness (QED) is 0.866. The first-order valence-corrected chi connectivity index (χ1v) is 6.41. The molecule has 2 aromatic rings. The maximum absolute atomic E-state index is 10.9. The molecule has 2 rings (SSSR count). The third-order valence-corrected chi connectivity index (χ3v) is 3.14. The van der Waals surface area contributed by atoms with Gasteiger partial charge in [-0.2, -0.15) is 4.98 Å². The molecule has 1 heterocycles. The van der Waals surface area contributed by atoms with Crippen LogP contribution < -0.4 is 10.2 Å². The third kappa shape index (κ3) is 2.79. The first-order valence-electron chi connectivity index (χ1n) is 6.41. The monoisotopic (exact) mass is 274 g/mol. The van der Waals surface area contributed by atoms with Gasteiger partial charge in [0.15, 0.2) is 0 Å². The van der Waals surface area contributed by atoms with Gasteiger partial charge in [-0.05, 0) is 12.1 Å². The summed E-state index contributed by atoms with van der Waals surface area (Å²) in [4.78, 5) is 21.6. The highest BCUT2D eigenvalue weighted by Gasteiger charge is 2.16. The van der Waals surface area contributed by atoms with Gasteiger partial charge in [-0.15, -0.1) is 0 Å². The van der Waals surface area contributed by atoms with E-state index < -0.39 is 11.9 Å². The summed E-state index contributed by atoms with van der Waals surface area (Å²) >= 11 is 0. The molecule has 0 fully saturated rings. The predicted octanol–water partition coefficient (Wildman–Crippen LogP) is 1.83. The number of nitrogens with one attached hydrogen (secondary N) is 1. The van der Waals surface area contributed by atoms with Gasteiger partial charge in [0.2, 0.25) is 5.95 Å². The number of para-hydroxylation sites is 1. The minimum absolute atomic E-state index is 0.358. The molecule has 0 aliphatic carbocycles. The smallest absolute Gasteiger partial charge is 0.308 e. The van der Waals surface area contributed by atoms with E-state index in [4.69, 9.17) is 5.11 Å². The van der Waals surface area contributed by atoms with Crippen molar-refractivity contribution in [2.75, 3.05) is 30.9 Å². The lowest BCUT2D eigenvalue weighted by atomic mass is 10.2. The summed E-state index contributed by atoms with van der Waals surface area (Å²) in [5.41, 5.74) is 0.830. The first kappa shape index (κ1) is 14.0. The van der Waals surface area contributed by atoms with Gasteiger partial charge in [0.25, 0.3) is 0 Å². The second-order valence-corrected chi connectivity index (χ2v) is 4.76. The van der Waals surface area contributed by atoms with Gasteiger partial charge in [-0.3, -0.25) is 4.79 Å². The number of nitrogens with zero attached hydrogens (tertiary/aromatic N) is 3. The molecule has 1 aromatic heterocycles. The van der Waals surface area contributed by atoms with Crippen LogP contribution in [0.15, 0.2) is 24.3 Å². The zero-order chi connectivity index (χ0) is 14.7. The standard InChI is InChI=1S/C14H18N4O2/c1-9(13(19)20)8-18(3)14-16-11-7-5-4-6-10(11)12(15-2)17-14/h4-7,9H,8H2,1-3H3,(H,19,20)(H,15,16,17). The Balaban J connectivity index is 2.37. The van der Waals surface area contributed by atoms with Gasteiger partial charge in [0.05, 0.1) is 11.4 Å². The molecule has 0 amide bonds. The SMILES string of the molecule is CNc1nc(N(C)CC(C)C(=O)O)nc2ccccc12. The molecule has 6 nitrogen and oxygen atoms in total. The van der Waals surface area contributed by atoms with Crippen molar-refractivity contribution in [1.29, 1.82) is 0 Å². The molecule has 0 aliphatic heterocycles. The number of benzene rings is 1. The van der Waals surface area contributed by atoms with Crippen molar-refractivity contribution in [2.45, 2.75) is 6.92 Å². The lowest BCUT2D eigenvalue weighted by Gasteiger charge is -2.20. The Bertz CT molecular complexity index is 630. The van der Waals surface area contributed by atoms with Crippen LogP contribution in [0.4, 0.5) is 11.8 Å². The molecular formula is C14H18N4O2. The van der Waals surface area contributed by atoms with Crippen molar-refractivity contribution in [3.63, 3.8) is 0 Å². The van der Waals surface area contributed by atoms with Crippen LogP contribution in [-0.4, -0.2) is 41.7 Å². The highest BCUT2D eigenvalue weighted by atomic mass is 16.4. The zero-order valence-corrected chi connectivity index (χ0v) is 11.8. The summed E-state index contributed by atoms with van der Waals surface area (Å²) in [6, 6.07) is 7.71. The average molecular weight is 274 g/mol. The maximum Gasteiger partial charge on any atom is 0.308 e. The van der Waals surface area contributed by atoms with Gasteiger partial charge in [-0.1, -0.05) is 19.1 Å². The van der Waals surface area contributed by atoms with Crippen LogP contribution in [0.1, 0.15) is 6.92 Å². The fourth-order valence-corrected chi connectivity index (χ4v) is 2.00. The van der Waals surface area contributed by atoms with E-state index in [2.05, 4.69) is 15.3 Å². The molecule has 1 unspecified atom stereocenters. The van der Waals surface area contributed by atoms with Crippen LogP contribution in [0, 0.1) is 5.92 Å². The summed E-state index contributed by atoms with van der Waals surface area (Å²) in [7, 11) is 3.60. The van der Waals surface area contributed by atoms with E-state index in [-0.39, 0.29) is 0 Å². The number of aromatic nitrogens is 2. The van der Waals surface area contributed by atoms with E-state index in [0.717, 1.165) is 16.7 Å². The zero-order valence-electron chi connectivity index (χ0n) is 11.8. The Morgan fingerprint density at radius 3 is 2.75 bits per heavy atom. The minimum Gasteiger partial charge on any atom is -0.481 e. The molecule has 20 heavy (non-hydrogen) atoms. The third-order valence-electron chi connectivity index (χ3n) is 3.14. The van der Waals surface area contributed by atoms with Crippen LogP contribution in [0.2, 0.25) is 0 Å². The molecule has 0 bridgehead atoms. The Morgan fingerprint density at radius 1 is 1.40 bits per heavy atom. The van der Waals surface area contributed by atoms with Crippen molar-refractivity contribution in [2.24, 2.45) is 5.92 Å². The lowest BCUT2D eigenvalue weighted by molar-refractivity contribution is -0.140. The highest BCUT2D eigenvalue weighted by molar-refractivity contribution is 5.90. The topological polar surface area (TPSA) is 78.4 Å². The van der Waals surface area contributed by atoms with Crippen molar-refractivity contribution in [3.05, 3.63) is 24.3 Å². The minimum atomic E-state index is -0.827. The number of rotatable bonds is 5. The molecular weight excluding hydrogens is 256 g/mol. The van der Waals surface area contributed by atoms with E-state index in [1.165, 1.54) is 0 Å². The Morgan fingerprint density at radius 2 is 2.10 bits per heavy atom. The van der Waals surface area contributed by atoms with Crippen molar-refractivity contribution >= 4 is 28.6 Å². The van der Waals surface area contributed by atoms with Crippen LogP contribution in [0.25, 0.3) is 10.9 Å². The Kier molecular flexibility index (Phi) is 4.02. The second-order valence-electron chi connectivity index (χ2n) is 4.76. The van der Waals surface area contributed by atoms with Gasteiger partial charge < -0.3 is 15.3 Å². The van der Waals surface area contributed by atoms with E-state index in [0.29, 0.717) is 12.5 Å². The Labute approximate surface area is 117 Å². The number of carboxylic acids is 1. The lowest BCUT2D eigenvalue weighted by Crippen LogP contribution is -2.29. The number of hydrogen-bond acceptors (Lipinski definition) is 5. The first-order chi connectivity index (χ1) is 9.52. The molecule has 0 spiro atoms. The van der Waals surface area contributed by atoms with Crippen LogP contribution in [-0.2, 0) is 4.79 Å². The van der Waals surface area contributed by atoms with E-state index in [1.807, 2.05) is 24.3 Å². The normalized spacial score (nSPS) is 12.2. The van der Waals surface area contributed by atoms with Crippen molar-refractivity contribution in [3.8, 4) is 0 Å². The summed E-state index contributed by atoms with van der Waals surface area (Å²) in [6.45, 7) is 2.02. The molecule has 1 aromatic carbocycles. The number of carbonyl (C=O) groups is 1. The number of hydrogen-bond donors (Lipinski definition) is 2. The fraction of sp³-hybridized carbons (Fsp3) is 0.357. The van der Waals surface area contributed by atoms with E-state index in [1.54, 1.807) is 25.9 Å². The van der Waals surface area contributed by atoms with Gasteiger partial charge >= 0.3 is 5.97 Å². The highest BCUT2D eigenvalue weighted by Crippen LogP contribution is 2.22. The van der Waals surface area contributed by atoms with Crippen LogP contribution in [0.3, 0.4) is 0 Å². The molecule has 2 N–H and O–H groups in total. The van der Waals surface area contributed by atoms with E-state index in [9.17, 15) is 4.79 Å². The van der Waals surface area contributed by atoms with Gasteiger partial charge in [-0.25, -0.2) is 4.98 Å². The van der Waals surface area contributed by atoms with Gasteiger partial charge in [0.1, 0.15) is 5.82 Å². The number of anilines is 2. The number of aliphatic carboxylic acids is 1. The summed E-state index contributed by atoms with van der Waals surface area (Å²) in [5.74, 6) is -0.0545. The molecule has 6 heteroatoms. The molecule has 0 radical (unpaired) electrons. The molecule has 106 valence electrons. The number of fused-ring (bicyclic) bond motifs is 1. The van der Waals surface area contributed by atoms with Crippen LogP contribution in [0.5, 0.6) is 0 Å². The van der Waals surface area contributed by atoms with Crippen molar-refractivity contribution in [1.82, 2.24) is 9.97 Å².